The van der Waals surface area contributed by atoms with Gasteiger partial charge in [0.05, 0.1) is 33.6 Å². The van der Waals surface area contributed by atoms with E-state index >= 15 is 0 Å². The summed E-state index contributed by atoms with van der Waals surface area (Å²) in [5.41, 5.74) is 9.00. The van der Waals surface area contributed by atoms with E-state index in [2.05, 4.69) is 158 Å². The van der Waals surface area contributed by atoms with Crippen molar-refractivity contribution < 1.29 is 0 Å². The summed E-state index contributed by atoms with van der Waals surface area (Å²) in [6, 6.07) is 58.2. The molecule has 0 fully saturated rings. The first-order chi connectivity index (χ1) is 25.3. The summed E-state index contributed by atoms with van der Waals surface area (Å²) < 4.78 is 2.60. The van der Waals surface area contributed by atoms with Crippen LogP contribution in [-0.2, 0) is 0 Å². The van der Waals surface area contributed by atoms with Crippen LogP contribution in [0.2, 0.25) is 0 Å². The summed E-state index contributed by atoms with van der Waals surface area (Å²) in [7, 11) is 0. The van der Waals surface area contributed by atoms with E-state index in [0.29, 0.717) is 0 Å². The Labute approximate surface area is 297 Å². The quantitative estimate of drug-likeness (QED) is 0.176. The third kappa shape index (κ3) is 4.33. The number of rotatable bonds is 3. The number of nitrogens with zero attached hydrogens (tertiary/aromatic N) is 3. The van der Waals surface area contributed by atoms with Crippen LogP contribution >= 0.6 is 11.3 Å². The molecule has 0 N–H and O–H groups in total. The molecule has 51 heavy (non-hydrogen) atoms. The van der Waals surface area contributed by atoms with E-state index in [1.807, 2.05) is 17.4 Å². The Bertz CT molecular complexity index is 3200. The van der Waals surface area contributed by atoms with Gasteiger partial charge in [-0.25, -0.2) is 15.0 Å². The van der Waals surface area contributed by atoms with Crippen molar-refractivity contribution in [3.05, 3.63) is 164 Å². The number of pyridine rings is 3. The molecule has 0 aliphatic heterocycles. The van der Waals surface area contributed by atoms with Crippen LogP contribution in [0.1, 0.15) is 0 Å². The van der Waals surface area contributed by atoms with E-state index in [1.54, 1.807) is 0 Å². The van der Waals surface area contributed by atoms with Gasteiger partial charge in [-0.05, 0) is 40.4 Å². The van der Waals surface area contributed by atoms with Crippen molar-refractivity contribution in [2.24, 2.45) is 0 Å². The molecular weight excluding hydrogens is 639 g/mol. The number of fused-ring (bicyclic) bond motifs is 11. The van der Waals surface area contributed by atoms with Gasteiger partial charge in [-0.2, -0.15) is 0 Å². The van der Waals surface area contributed by atoms with Gasteiger partial charge in [0.15, 0.2) is 0 Å². The summed E-state index contributed by atoms with van der Waals surface area (Å²) in [5.74, 6) is 0. The molecule has 0 saturated heterocycles. The minimum atomic E-state index is 0.908. The second-order valence-corrected chi connectivity index (χ2v) is 14.2. The zero-order valence-electron chi connectivity index (χ0n) is 27.3. The van der Waals surface area contributed by atoms with Gasteiger partial charge in [-0.3, -0.25) is 0 Å². The first kappa shape index (κ1) is 28.4. The van der Waals surface area contributed by atoms with Crippen LogP contribution in [0.15, 0.2) is 164 Å². The van der Waals surface area contributed by atoms with Crippen molar-refractivity contribution in [1.82, 2.24) is 15.0 Å². The molecule has 236 valence electrons. The van der Waals surface area contributed by atoms with E-state index in [-0.39, 0.29) is 0 Å². The normalized spacial score (nSPS) is 11.9. The standard InChI is InChI=1S/C47H27N3S/c1-2-10-28(11-3-1)39-25-22-29-20-21-30-23-26-40(49-45(30)44(29)48-39)33-17-8-16-32-31(33)15-9-18-36(32)46-37-14-5-4-13-35(37)43-41(50-46)27-24-38-34-12-6-7-19-42(34)51-47(38)43/h1-27H. The van der Waals surface area contributed by atoms with Crippen LogP contribution < -0.4 is 0 Å². The summed E-state index contributed by atoms with van der Waals surface area (Å²) in [5, 5.41) is 10.7. The van der Waals surface area contributed by atoms with Gasteiger partial charge in [0.2, 0.25) is 0 Å². The molecule has 0 aliphatic carbocycles. The molecule has 4 heterocycles. The van der Waals surface area contributed by atoms with E-state index in [9.17, 15) is 0 Å². The zero-order valence-corrected chi connectivity index (χ0v) is 28.2. The second kappa shape index (κ2) is 11.0. The third-order valence-corrected chi connectivity index (χ3v) is 11.5. The first-order valence-corrected chi connectivity index (χ1v) is 18.0. The predicted octanol–water partition coefficient (Wildman–Crippen LogP) is 13.0. The Balaban J connectivity index is 1.12. The van der Waals surface area contributed by atoms with E-state index in [0.717, 1.165) is 77.3 Å². The molecule has 11 aromatic rings. The molecule has 0 bridgehead atoms. The van der Waals surface area contributed by atoms with Crippen LogP contribution in [-0.4, -0.2) is 15.0 Å². The highest BCUT2D eigenvalue weighted by Crippen LogP contribution is 2.44. The van der Waals surface area contributed by atoms with Gasteiger partial charge >= 0.3 is 0 Å². The highest BCUT2D eigenvalue weighted by molar-refractivity contribution is 7.26. The molecule has 0 saturated carbocycles. The number of thiophene rings is 1. The summed E-state index contributed by atoms with van der Waals surface area (Å²) in [4.78, 5) is 15.9. The lowest BCUT2D eigenvalue weighted by molar-refractivity contribution is 1.37. The van der Waals surface area contributed by atoms with Crippen molar-refractivity contribution in [3.8, 4) is 33.8 Å². The minimum Gasteiger partial charge on any atom is -0.247 e. The summed E-state index contributed by atoms with van der Waals surface area (Å²) in [6.07, 6.45) is 0. The lowest BCUT2D eigenvalue weighted by Gasteiger charge is -2.14. The number of hydrogen-bond acceptors (Lipinski definition) is 4. The van der Waals surface area contributed by atoms with E-state index < -0.39 is 0 Å². The first-order valence-electron chi connectivity index (χ1n) is 17.2. The molecule has 11 rings (SSSR count). The van der Waals surface area contributed by atoms with Crippen LogP contribution in [0.4, 0.5) is 0 Å². The molecule has 0 atom stereocenters. The molecular formula is C47H27N3S. The van der Waals surface area contributed by atoms with Crippen molar-refractivity contribution >= 4 is 85.8 Å². The predicted molar refractivity (Wildman–Crippen MR) is 217 cm³/mol. The topological polar surface area (TPSA) is 38.7 Å². The maximum atomic E-state index is 5.44. The maximum Gasteiger partial charge on any atom is 0.0972 e. The number of benzene rings is 7. The Hall–Kier alpha value is -6.49. The SMILES string of the molecule is c1ccc(-c2ccc3ccc4ccc(-c5cccc6c(-c7nc8ccc9c%10ccccc%10sc9c8c8ccccc78)cccc56)nc4c3n2)cc1. The monoisotopic (exact) mass is 665 g/mol. The van der Waals surface area contributed by atoms with Crippen LogP contribution in [0.25, 0.3) is 108 Å². The second-order valence-electron chi connectivity index (χ2n) is 13.1. The minimum absolute atomic E-state index is 0.908. The Kier molecular flexibility index (Phi) is 6.12. The third-order valence-electron chi connectivity index (χ3n) is 10.3. The molecule has 3 nitrogen and oxygen atoms in total. The molecule has 0 spiro atoms. The van der Waals surface area contributed by atoms with E-state index in [4.69, 9.17) is 15.0 Å². The lowest BCUT2D eigenvalue weighted by Crippen LogP contribution is -1.93. The number of hydrogen-bond donors (Lipinski definition) is 0. The number of aromatic nitrogens is 3. The van der Waals surface area contributed by atoms with E-state index in [1.165, 1.54) is 30.9 Å². The fourth-order valence-electron chi connectivity index (χ4n) is 7.85. The van der Waals surface area contributed by atoms with Gasteiger partial charge in [0.1, 0.15) is 0 Å². The van der Waals surface area contributed by atoms with Crippen molar-refractivity contribution in [3.63, 3.8) is 0 Å². The average molecular weight is 666 g/mol. The fraction of sp³-hybridized carbons (Fsp3) is 0. The van der Waals surface area contributed by atoms with Gasteiger partial charge < -0.3 is 0 Å². The average Bonchev–Trinajstić information content (AvgIpc) is 3.59. The van der Waals surface area contributed by atoms with Crippen LogP contribution in [0.5, 0.6) is 0 Å². The maximum absolute atomic E-state index is 5.44. The van der Waals surface area contributed by atoms with Crippen molar-refractivity contribution in [1.29, 1.82) is 0 Å². The molecule has 0 radical (unpaired) electrons. The van der Waals surface area contributed by atoms with Crippen molar-refractivity contribution in [2.75, 3.05) is 0 Å². The van der Waals surface area contributed by atoms with Gasteiger partial charge in [0, 0.05) is 58.4 Å². The van der Waals surface area contributed by atoms with Gasteiger partial charge in [-0.15, -0.1) is 11.3 Å². The van der Waals surface area contributed by atoms with Crippen LogP contribution in [0, 0.1) is 0 Å². The fourth-order valence-corrected chi connectivity index (χ4v) is 9.11. The zero-order chi connectivity index (χ0) is 33.5. The Morgan fingerprint density at radius 1 is 0.373 bits per heavy atom. The Morgan fingerprint density at radius 3 is 1.78 bits per heavy atom. The summed E-state index contributed by atoms with van der Waals surface area (Å²) in [6.45, 7) is 0. The van der Waals surface area contributed by atoms with Crippen LogP contribution in [0.3, 0.4) is 0 Å². The largest absolute Gasteiger partial charge is 0.247 e. The van der Waals surface area contributed by atoms with Gasteiger partial charge in [-0.1, -0.05) is 140 Å². The lowest BCUT2D eigenvalue weighted by atomic mass is 9.93. The molecule has 4 aromatic heterocycles. The molecule has 7 aromatic carbocycles. The molecule has 0 amide bonds. The van der Waals surface area contributed by atoms with Gasteiger partial charge in [0.25, 0.3) is 0 Å². The Morgan fingerprint density at radius 2 is 0.980 bits per heavy atom. The van der Waals surface area contributed by atoms with Crippen molar-refractivity contribution in [2.45, 2.75) is 0 Å². The molecule has 0 unspecified atom stereocenters. The smallest absolute Gasteiger partial charge is 0.0972 e. The molecule has 0 aliphatic rings. The highest BCUT2D eigenvalue weighted by Gasteiger charge is 2.18. The highest BCUT2D eigenvalue weighted by atomic mass is 32.1. The summed E-state index contributed by atoms with van der Waals surface area (Å²) >= 11 is 1.86. The molecule has 4 heteroatoms.